The molecule has 1 N–H and O–H groups in total. The summed E-state index contributed by atoms with van der Waals surface area (Å²) >= 11 is 1.53. The lowest BCUT2D eigenvalue weighted by Crippen LogP contribution is -2.02. The molecule has 7 nitrogen and oxygen atoms in total. The van der Waals surface area contributed by atoms with Crippen LogP contribution in [-0.4, -0.2) is 38.0 Å². The van der Waals surface area contributed by atoms with Crippen LogP contribution in [0.3, 0.4) is 0 Å². The van der Waals surface area contributed by atoms with Crippen LogP contribution in [0.1, 0.15) is 16.1 Å². The summed E-state index contributed by atoms with van der Waals surface area (Å²) in [6, 6.07) is 3.49. The van der Waals surface area contributed by atoms with E-state index in [-0.39, 0.29) is 0 Å². The summed E-state index contributed by atoms with van der Waals surface area (Å²) in [7, 11) is 1.34. The number of imidazole rings is 1. The van der Waals surface area contributed by atoms with Gasteiger partial charge in [-0.3, -0.25) is 4.98 Å². The van der Waals surface area contributed by atoms with Crippen LogP contribution in [0, 0.1) is 0 Å². The Kier molecular flexibility index (Phi) is 3.78. The van der Waals surface area contributed by atoms with E-state index in [2.05, 4.69) is 29.7 Å². The van der Waals surface area contributed by atoms with E-state index in [9.17, 15) is 4.79 Å². The fourth-order valence-corrected chi connectivity index (χ4v) is 2.61. The number of aromatic amines is 1. The molecule has 0 aromatic carbocycles. The highest BCUT2D eigenvalue weighted by atomic mass is 32.2. The van der Waals surface area contributed by atoms with Crippen molar-refractivity contribution >= 4 is 28.9 Å². The summed E-state index contributed by atoms with van der Waals surface area (Å²) < 4.78 is 4.63. The number of fused-ring (bicyclic) bond motifs is 1. The molecule has 0 aliphatic heterocycles. The molecule has 3 heterocycles. The number of hydrogen-bond acceptors (Lipinski definition) is 7. The van der Waals surface area contributed by atoms with Gasteiger partial charge in [0.1, 0.15) is 16.9 Å². The van der Waals surface area contributed by atoms with Crippen LogP contribution in [0.4, 0.5) is 0 Å². The molecule has 0 saturated heterocycles. The lowest BCUT2D eigenvalue weighted by atomic mass is 10.2. The van der Waals surface area contributed by atoms with Crippen molar-refractivity contribution in [1.29, 1.82) is 0 Å². The van der Waals surface area contributed by atoms with Gasteiger partial charge < -0.3 is 9.72 Å². The topological polar surface area (TPSA) is 93.6 Å². The molecule has 0 aliphatic carbocycles. The van der Waals surface area contributed by atoms with Crippen molar-refractivity contribution in [3.05, 3.63) is 42.2 Å². The molecule has 0 fully saturated rings. The van der Waals surface area contributed by atoms with Crippen molar-refractivity contribution in [2.24, 2.45) is 0 Å². The Morgan fingerprint density at radius 3 is 2.95 bits per heavy atom. The van der Waals surface area contributed by atoms with Crippen LogP contribution in [0.2, 0.25) is 0 Å². The van der Waals surface area contributed by atoms with E-state index in [0.717, 1.165) is 16.2 Å². The second kappa shape index (κ2) is 5.88. The molecule has 0 unspecified atom stereocenters. The van der Waals surface area contributed by atoms with Crippen LogP contribution >= 0.6 is 11.8 Å². The minimum Gasteiger partial charge on any atom is -0.465 e. The zero-order valence-electron chi connectivity index (χ0n) is 11.1. The number of nitrogens with one attached hydrogen (secondary N) is 1. The molecule has 21 heavy (non-hydrogen) atoms. The Balaban J connectivity index is 1.73. The van der Waals surface area contributed by atoms with Crippen LogP contribution in [0.25, 0.3) is 11.2 Å². The number of hydrogen-bond donors (Lipinski definition) is 1. The lowest BCUT2D eigenvalue weighted by Gasteiger charge is -2.03. The molecule has 0 radical (unpaired) electrons. The Morgan fingerprint density at radius 1 is 1.29 bits per heavy atom. The maximum Gasteiger partial charge on any atom is 0.339 e. The maximum absolute atomic E-state index is 11.3. The van der Waals surface area contributed by atoms with E-state index in [1.165, 1.54) is 31.4 Å². The lowest BCUT2D eigenvalue weighted by molar-refractivity contribution is 0.0600. The third-order valence-electron chi connectivity index (χ3n) is 2.79. The number of carbonyl (C=O) groups is 1. The zero-order valence-corrected chi connectivity index (χ0v) is 11.9. The van der Waals surface area contributed by atoms with Crippen molar-refractivity contribution in [3.8, 4) is 0 Å². The molecule has 3 aromatic heterocycles. The maximum atomic E-state index is 11.3. The van der Waals surface area contributed by atoms with Gasteiger partial charge in [0, 0.05) is 11.9 Å². The number of thioether (sulfide) groups is 1. The van der Waals surface area contributed by atoms with Crippen LogP contribution in [0.5, 0.6) is 0 Å². The van der Waals surface area contributed by atoms with E-state index in [4.69, 9.17) is 0 Å². The molecular formula is C13H11N5O2S. The number of aromatic nitrogens is 5. The normalized spacial score (nSPS) is 10.7. The Hall–Kier alpha value is -2.48. The molecule has 3 rings (SSSR count). The number of pyridine rings is 1. The first kappa shape index (κ1) is 13.5. The zero-order chi connectivity index (χ0) is 14.7. The molecular weight excluding hydrogens is 290 g/mol. The van der Waals surface area contributed by atoms with Gasteiger partial charge in [0.05, 0.1) is 24.7 Å². The Bertz CT molecular complexity index is 772. The van der Waals surface area contributed by atoms with Crippen molar-refractivity contribution in [2.45, 2.75) is 10.8 Å². The second-order valence-corrected chi connectivity index (χ2v) is 5.06. The fourth-order valence-electron chi connectivity index (χ4n) is 1.74. The smallest absolute Gasteiger partial charge is 0.339 e. The van der Waals surface area contributed by atoms with Crippen molar-refractivity contribution in [1.82, 2.24) is 24.9 Å². The van der Waals surface area contributed by atoms with Gasteiger partial charge in [-0.05, 0) is 12.1 Å². The van der Waals surface area contributed by atoms with Crippen LogP contribution in [-0.2, 0) is 10.5 Å². The minimum atomic E-state index is -0.392. The minimum absolute atomic E-state index is 0.392. The largest absolute Gasteiger partial charge is 0.465 e. The molecule has 0 atom stereocenters. The van der Waals surface area contributed by atoms with E-state index in [0.29, 0.717) is 17.0 Å². The first-order chi connectivity index (χ1) is 10.3. The van der Waals surface area contributed by atoms with Crippen LogP contribution < -0.4 is 0 Å². The molecule has 8 heteroatoms. The SMILES string of the molecule is COC(=O)c1ccc(CSc2ncnc3nc[nH]c23)nc1. The van der Waals surface area contributed by atoms with E-state index in [1.807, 2.05) is 0 Å². The van der Waals surface area contributed by atoms with Crippen molar-refractivity contribution < 1.29 is 9.53 Å². The molecule has 0 amide bonds. The number of methoxy groups -OCH3 is 1. The first-order valence-electron chi connectivity index (χ1n) is 6.08. The van der Waals surface area contributed by atoms with Gasteiger partial charge in [-0.25, -0.2) is 19.7 Å². The number of H-pyrrole nitrogens is 1. The average Bonchev–Trinajstić information content (AvgIpc) is 3.02. The van der Waals surface area contributed by atoms with Gasteiger partial charge >= 0.3 is 5.97 Å². The summed E-state index contributed by atoms with van der Waals surface area (Å²) in [5, 5.41) is 0.816. The number of nitrogens with zero attached hydrogens (tertiary/aromatic N) is 4. The Morgan fingerprint density at radius 2 is 2.19 bits per heavy atom. The summed E-state index contributed by atoms with van der Waals surface area (Å²) in [6.45, 7) is 0. The van der Waals surface area contributed by atoms with E-state index < -0.39 is 5.97 Å². The highest BCUT2D eigenvalue weighted by Crippen LogP contribution is 2.24. The highest BCUT2D eigenvalue weighted by molar-refractivity contribution is 7.98. The summed E-state index contributed by atoms with van der Waals surface area (Å²) in [6.07, 6.45) is 4.58. The van der Waals surface area contributed by atoms with Crippen molar-refractivity contribution in [2.75, 3.05) is 7.11 Å². The Labute approximate surface area is 124 Å². The third kappa shape index (κ3) is 2.84. The molecule has 106 valence electrons. The summed E-state index contributed by atoms with van der Waals surface area (Å²) in [4.78, 5) is 31.0. The summed E-state index contributed by atoms with van der Waals surface area (Å²) in [5.41, 5.74) is 2.73. The molecule has 0 saturated carbocycles. The number of ether oxygens (including phenoxy) is 1. The quantitative estimate of drug-likeness (QED) is 0.446. The van der Waals surface area contributed by atoms with Gasteiger partial charge in [0.2, 0.25) is 0 Å². The number of esters is 1. The second-order valence-electron chi connectivity index (χ2n) is 4.10. The van der Waals surface area contributed by atoms with Gasteiger partial charge in [-0.1, -0.05) is 11.8 Å². The summed E-state index contributed by atoms with van der Waals surface area (Å²) in [5.74, 6) is 0.240. The molecule has 0 bridgehead atoms. The highest BCUT2D eigenvalue weighted by Gasteiger charge is 2.08. The van der Waals surface area contributed by atoms with E-state index in [1.54, 1.807) is 18.5 Å². The fraction of sp³-hybridized carbons (Fsp3) is 0.154. The van der Waals surface area contributed by atoms with Gasteiger partial charge in [0.15, 0.2) is 5.65 Å². The molecule has 3 aromatic rings. The van der Waals surface area contributed by atoms with Crippen molar-refractivity contribution in [3.63, 3.8) is 0 Å². The van der Waals surface area contributed by atoms with Gasteiger partial charge in [0.25, 0.3) is 0 Å². The molecule has 0 spiro atoms. The van der Waals surface area contributed by atoms with Gasteiger partial charge in [-0.2, -0.15) is 0 Å². The standard InChI is InChI=1S/C13H11N5O2S/c1-20-13(19)8-2-3-9(14-4-8)5-21-12-10-11(16-6-15-10)17-7-18-12/h2-4,6-7H,5H2,1H3,(H,15,16,17,18). The average molecular weight is 301 g/mol. The number of rotatable bonds is 4. The predicted molar refractivity (Wildman–Crippen MR) is 76.8 cm³/mol. The number of carbonyl (C=O) groups excluding carboxylic acids is 1. The first-order valence-corrected chi connectivity index (χ1v) is 7.06. The van der Waals surface area contributed by atoms with E-state index >= 15 is 0 Å². The predicted octanol–water partition coefficient (Wildman–Crippen LogP) is 1.83. The third-order valence-corrected chi connectivity index (χ3v) is 3.81. The monoisotopic (exact) mass is 301 g/mol. The van der Waals surface area contributed by atoms with Gasteiger partial charge in [-0.15, -0.1) is 0 Å². The van der Waals surface area contributed by atoms with Crippen LogP contribution in [0.15, 0.2) is 36.0 Å². The molecule has 0 aliphatic rings.